The molecule has 1 fully saturated rings. The molecule has 1 aliphatic carbocycles. The maximum atomic E-state index is 13.8. The largest absolute Gasteiger partial charge is 0.495 e. The van der Waals surface area contributed by atoms with Crippen molar-refractivity contribution in [1.82, 2.24) is 0 Å². The fourth-order valence-corrected chi connectivity index (χ4v) is 6.46. The van der Waals surface area contributed by atoms with Gasteiger partial charge in [0.05, 0.1) is 22.5 Å². The van der Waals surface area contributed by atoms with Gasteiger partial charge in [-0.15, -0.1) is 0 Å². The molecule has 1 amide bonds. The molecule has 0 spiro atoms. The van der Waals surface area contributed by atoms with Crippen molar-refractivity contribution in [3.05, 3.63) is 81.9 Å². The van der Waals surface area contributed by atoms with Crippen LogP contribution in [-0.4, -0.2) is 49.6 Å². The van der Waals surface area contributed by atoms with Crippen molar-refractivity contribution in [3.63, 3.8) is 0 Å². The van der Waals surface area contributed by atoms with E-state index < -0.39 is 36.0 Å². The van der Waals surface area contributed by atoms with Gasteiger partial charge in [0.2, 0.25) is 0 Å². The Hall–Kier alpha value is -3.62. The number of esters is 1. The molecule has 7 nitrogen and oxygen atoms in total. The highest BCUT2D eigenvalue weighted by Crippen LogP contribution is 2.45. The fraction of sp³-hybridized carbons (Fsp3) is 0.444. The predicted molar refractivity (Wildman–Crippen MR) is 175 cm³/mol. The lowest BCUT2D eigenvalue weighted by Gasteiger charge is -2.32. The molecule has 2 aliphatic rings. The van der Waals surface area contributed by atoms with E-state index in [1.807, 2.05) is 93.5 Å². The summed E-state index contributed by atoms with van der Waals surface area (Å²) in [4.78, 5) is 28.9. The highest BCUT2D eigenvalue weighted by molar-refractivity contribution is 6.63. The summed E-state index contributed by atoms with van der Waals surface area (Å²) in [6.07, 6.45) is -0.517. The van der Waals surface area contributed by atoms with Crippen molar-refractivity contribution in [3.8, 4) is 11.1 Å². The van der Waals surface area contributed by atoms with Gasteiger partial charge in [-0.1, -0.05) is 48.5 Å². The summed E-state index contributed by atoms with van der Waals surface area (Å²) in [5, 5.41) is 0. The van der Waals surface area contributed by atoms with Crippen molar-refractivity contribution < 1.29 is 28.4 Å². The number of benzene rings is 3. The highest BCUT2D eigenvalue weighted by atomic mass is 16.7. The smallest absolute Gasteiger partial charge is 0.456 e. The Kier molecular flexibility index (Phi) is 8.00. The Balaban J connectivity index is 1.52. The van der Waals surface area contributed by atoms with Crippen LogP contribution in [0.2, 0.25) is 0 Å². The molecular formula is C36H44BNO6. The molecule has 3 aromatic carbocycles. The van der Waals surface area contributed by atoms with Crippen LogP contribution in [0.3, 0.4) is 0 Å². The summed E-state index contributed by atoms with van der Waals surface area (Å²) in [5.41, 5.74) is 6.51. The van der Waals surface area contributed by atoms with Crippen LogP contribution in [0.25, 0.3) is 11.1 Å². The van der Waals surface area contributed by atoms with E-state index in [-0.39, 0.29) is 12.5 Å². The lowest BCUT2D eigenvalue weighted by Crippen LogP contribution is -2.42. The molecular weight excluding hydrogens is 553 g/mol. The molecule has 1 aliphatic heterocycles. The zero-order valence-corrected chi connectivity index (χ0v) is 27.9. The number of amides is 1. The topological polar surface area (TPSA) is 74.3 Å². The number of hydrogen-bond acceptors (Lipinski definition) is 6. The zero-order valence-electron chi connectivity index (χ0n) is 27.9. The molecule has 232 valence electrons. The third kappa shape index (κ3) is 5.43. The van der Waals surface area contributed by atoms with Gasteiger partial charge in [-0.05, 0) is 114 Å². The maximum Gasteiger partial charge on any atom is 0.495 e. The van der Waals surface area contributed by atoms with Gasteiger partial charge in [0, 0.05) is 13.0 Å². The second-order valence-corrected chi connectivity index (χ2v) is 14.0. The number of carbonyl (C=O) groups excluding carboxylic acids is 2. The van der Waals surface area contributed by atoms with Crippen LogP contribution >= 0.6 is 0 Å². The first-order valence-electron chi connectivity index (χ1n) is 15.3. The summed E-state index contributed by atoms with van der Waals surface area (Å²) >= 11 is 0. The van der Waals surface area contributed by atoms with E-state index in [9.17, 15) is 9.59 Å². The van der Waals surface area contributed by atoms with Crippen LogP contribution < -0.4 is 10.4 Å². The van der Waals surface area contributed by atoms with Crippen LogP contribution in [0.1, 0.15) is 92.6 Å². The van der Waals surface area contributed by atoms with Crippen molar-refractivity contribution >= 4 is 30.3 Å². The van der Waals surface area contributed by atoms with Crippen LogP contribution in [-0.2, 0) is 18.8 Å². The molecule has 3 aromatic rings. The molecule has 0 unspecified atom stereocenters. The zero-order chi connectivity index (χ0) is 32.4. The number of anilines is 1. The normalized spacial score (nSPS) is 16.8. The first-order chi connectivity index (χ1) is 20.4. The van der Waals surface area contributed by atoms with Gasteiger partial charge in [-0.3, -0.25) is 4.90 Å². The Morgan fingerprint density at radius 1 is 0.841 bits per heavy atom. The lowest BCUT2D eigenvalue weighted by molar-refractivity contribution is 0.00578. The molecule has 0 N–H and O–H groups in total. The average Bonchev–Trinajstić information content (AvgIpc) is 3.34. The molecule has 0 atom stereocenters. The lowest BCUT2D eigenvalue weighted by atomic mass is 9.70. The van der Waals surface area contributed by atoms with Gasteiger partial charge >= 0.3 is 19.2 Å². The highest BCUT2D eigenvalue weighted by Gasteiger charge is 2.53. The van der Waals surface area contributed by atoms with Gasteiger partial charge in [0.1, 0.15) is 12.2 Å². The Morgan fingerprint density at radius 2 is 1.34 bits per heavy atom. The monoisotopic (exact) mass is 597 g/mol. The van der Waals surface area contributed by atoms with E-state index in [2.05, 4.69) is 24.3 Å². The number of fused-ring (bicyclic) bond motifs is 3. The third-order valence-corrected chi connectivity index (χ3v) is 9.31. The first-order valence-corrected chi connectivity index (χ1v) is 15.3. The molecule has 1 saturated heterocycles. The molecule has 1 heterocycles. The molecule has 44 heavy (non-hydrogen) atoms. The summed E-state index contributed by atoms with van der Waals surface area (Å²) in [6, 6.07) is 16.5. The van der Waals surface area contributed by atoms with E-state index in [0.29, 0.717) is 27.8 Å². The quantitative estimate of drug-likeness (QED) is 0.228. The Morgan fingerprint density at radius 3 is 1.84 bits per heavy atom. The van der Waals surface area contributed by atoms with Crippen molar-refractivity contribution in [2.75, 3.05) is 18.6 Å². The minimum absolute atomic E-state index is 0.0717. The first kappa shape index (κ1) is 31.8. The Labute approximate surface area is 262 Å². The van der Waals surface area contributed by atoms with Crippen LogP contribution in [0.5, 0.6) is 0 Å². The number of rotatable bonds is 5. The summed E-state index contributed by atoms with van der Waals surface area (Å²) in [6.45, 7) is 19.3. The molecule has 5 rings (SSSR count). The second kappa shape index (κ2) is 11.1. The van der Waals surface area contributed by atoms with Crippen molar-refractivity contribution in [2.45, 2.75) is 92.0 Å². The third-order valence-electron chi connectivity index (χ3n) is 9.31. The predicted octanol–water partition coefficient (Wildman–Crippen LogP) is 7.25. The minimum Gasteiger partial charge on any atom is -0.456 e. The second-order valence-electron chi connectivity index (χ2n) is 14.0. The number of ether oxygens (including phenoxy) is 2. The average molecular weight is 598 g/mol. The maximum absolute atomic E-state index is 13.8. The van der Waals surface area contributed by atoms with E-state index in [1.54, 1.807) is 7.05 Å². The molecule has 0 aromatic heterocycles. The Bertz CT molecular complexity index is 1570. The SMILES string of the molecule is Cc1c(B2OC(C)(C)C(C)(C)O2)c(C)c(N(C)C(=O)OCC2c3ccccc3-c3ccccc32)c(C)c1C(=O)OC(C)(C)C. The summed E-state index contributed by atoms with van der Waals surface area (Å²) in [7, 11) is 0.938. The standard InChI is InChI=1S/C36H44BNO6/c1-21-29(32(39)42-34(4,5)6)22(2)31(23(3)30(21)37-43-35(7,8)36(9,10)44-37)38(11)33(40)41-20-28-26-18-14-12-16-24(26)25-17-13-15-19-27(25)28/h12-19,28H,20H2,1-11H3. The van der Waals surface area contributed by atoms with Crippen molar-refractivity contribution in [2.24, 2.45) is 0 Å². The van der Waals surface area contributed by atoms with E-state index in [4.69, 9.17) is 18.8 Å². The van der Waals surface area contributed by atoms with Gasteiger partial charge in [0.15, 0.2) is 0 Å². The molecule has 8 heteroatoms. The van der Waals surface area contributed by atoms with Crippen LogP contribution in [0, 0.1) is 20.8 Å². The van der Waals surface area contributed by atoms with Gasteiger partial charge < -0.3 is 18.8 Å². The number of nitrogens with zero attached hydrogens (tertiary/aromatic N) is 1. The molecule has 0 radical (unpaired) electrons. The van der Waals surface area contributed by atoms with Crippen LogP contribution in [0.4, 0.5) is 10.5 Å². The molecule has 0 saturated carbocycles. The minimum atomic E-state index is -0.739. The summed E-state index contributed by atoms with van der Waals surface area (Å²) < 4.78 is 24.8. The van der Waals surface area contributed by atoms with Gasteiger partial charge in [-0.25, -0.2) is 9.59 Å². The summed E-state index contributed by atoms with van der Waals surface area (Å²) in [5.74, 6) is -0.537. The van der Waals surface area contributed by atoms with Crippen molar-refractivity contribution in [1.29, 1.82) is 0 Å². The van der Waals surface area contributed by atoms with Crippen LogP contribution in [0.15, 0.2) is 48.5 Å². The van der Waals surface area contributed by atoms with E-state index >= 15 is 0 Å². The van der Waals surface area contributed by atoms with Gasteiger partial charge in [0.25, 0.3) is 0 Å². The van der Waals surface area contributed by atoms with E-state index in [1.165, 1.54) is 4.90 Å². The molecule has 0 bridgehead atoms. The number of hydrogen-bond donors (Lipinski definition) is 0. The van der Waals surface area contributed by atoms with E-state index in [0.717, 1.165) is 27.8 Å². The fourth-order valence-electron chi connectivity index (χ4n) is 6.46. The number of carbonyl (C=O) groups is 2. The van der Waals surface area contributed by atoms with Gasteiger partial charge in [-0.2, -0.15) is 0 Å².